The van der Waals surface area contributed by atoms with Crippen LogP contribution in [-0.4, -0.2) is 38.5 Å². The Labute approximate surface area is 110 Å². The van der Waals surface area contributed by atoms with Crippen molar-refractivity contribution in [3.63, 3.8) is 0 Å². The molecule has 7 heteroatoms. The number of nitrogens with one attached hydrogen (secondary N) is 1. The van der Waals surface area contributed by atoms with Crippen LogP contribution in [0.15, 0.2) is 24.5 Å². The van der Waals surface area contributed by atoms with Crippen LogP contribution in [0.5, 0.6) is 0 Å². The van der Waals surface area contributed by atoms with Crippen molar-refractivity contribution < 1.29 is 14.7 Å². The number of aromatic nitrogens is 3. The summed E-state index contributed by atoms with van der Waals surface area (Å²) in [6.45, 7) is 0.931. The molecule has 0 bridgehead atoms. The summed E-state index contributed by atoms with van der Waals surface area (Å²) in [5.74, 6) is -2.24. The monoisotopic (exact) mass is 264 g/mol. The van der Waals surface area contributed by atoms with Crippen LogP contribution in [0.4, 0.5) is 0 Å². The van der Waals surface area contributed by atoms with Gasteiger partial charge < -0.3 is 10.4 Å². The van der Waals surface area contributed by atoms with Gasteiger partial charge in [-0.25, -0.2) is 0 Å². The van der Waals surface area contributed by atoms with Crippen LogP contribution in [0.2, 0.25) is 0 Å². The molecule has 0 saturated carbocycles. The number of aliphatic carboxylic acids is 1. The first-order valence-corrected chi connectivity index (χ1v) is 6.18. The molecule has 102 valence electrons. The Morgan fingerprint density at radius 3 is 2.68 bits per heavy atom. The van der Waals surface area contributed by atoms with E-state index in [0.717, 1.165) is 0 Å². The molecular formula is C12H16N4O3. The van der Waals surface area contributed by atoms with Crippen molar-refractivity contribution >= 4 is 11.9 Å². The van der Waals surface area contributed by atoms with Gasteiger partial charge in [-0.15, -0.1) is 5.10 Å². The molecule has 0 spiro atoms. The van der Waals surface area contributed by atoms with Gasteiger partial charge in [0.1, 0.15) is 0 Å². The van der Waals surface area contributed by atoms with E-state index >= 15 is 0 Å². The third-order valence-electron chi connectivity index (χ3n) is 3.20. The lowest BCUT2D eigenvalue weighted by molar-refractivity contribution is -0.147. The van der Waals surface area contributed by atoms with Crippen LogP contribution in [0.1, 0.15) is 12.8 Å². The van der Waals surface area contributed by atoms with E-state index in [4.69, 9.17) is 5.11 Å². The minimum atomic E-state index is -0.916. The molecular weight excluding hydrogens is 248 g/mol. The van der Waals surface area contributed by atoms with Gasteiger partial charge >= 0.3 is 5.97 Å². The molecule has 1 heterocycles. The number of amides is 1. The Morgan fingerprint density at radius 1 is 1.32 bits per heavy atom. The first kappa shape index (κ1) is 13.3. The zero-order chi connectivity index (χ0) is 13.7. The van der Waals surface area contributed by atoms with Crippen molar-refractivity contribution in [1.29, 1.82) is 0 Å². The van der Waals surface area contributed by atoms with Crippen LogP contribution in [0.3, 0.4) is 0 Å². The average molecular weight is 264 g/mol. The van der Waals surface area contributed by atoms with E-state index in [2.05, 4.69) is 15.6 Å². The molecule has 1 aliphatic rings. The summed E-state index contributed by atoms with van der Waals surface area (Å²) >= 11 is 0. The van der Waals surface area contributed by atoms with Crippen molar-refractivity contribution in [3.05, 3.63) is 24.5 Å². The van der Waals surface area contributed by atoms with E-state index in [-0.39, 0.29) is 5.91 Å². The molecule has 1 aromatic heterocycles. The van der Waals surface area contributed by atoms with Gasteiger partial charge in [-0.2, -0.15) is 0 Å². The summed E-state index contributed by atoms with van der Waals surface area (Å²) in [5, 5.41) is 19.3. The molecule has 7 nitrogen and oxygen atoms in total. The Balaban J connectivity index is 1.84. The standard InChI is InChI=1S/C12H16N4O3/c17-11(13-5-7-16-8-6-14-15-16)9-3-1-2-4-10(9)12(18)19/h1-2,6,8-10H,3-5,7H2,(H,13,17)(H,18,19). The van der Waals surface area contributed by atoms with Gasteiger partial charge in [-0.3, -0.25) is 14.3 Å². The Bertz CT molecular complexity index is 469. The summed E-state index contributed by atoms with van der Waals surface area (Å²) in [6, 6.07) is 0. The summed E-state index contributed by atoms with van der Waals surface area (Å²) in [7, 11) is 0. The molecule has 2 N–H and O–H groups in total. The molecule has 0 aromatic carbocycles. The number of hydrogen-bond donors (Lipinski definition) is 2. The molecule has 0 radical (unpaired) electrons. The average Bonchev–Trinajstić information content (AvgIpc) is 2.91. The van der Waals surface area contributed by atoms with Crippen LogP contribution in [-0.2, 0) is 16.1 Å². The number of nitrogens with zero attached hydrogens (tertiary/aromatic N) is 3. The Hall–Kier alpha value is -2.18. The number of carboxylic acid groups (broad SMARTS) is 1. The maximum Gasteiger partial charge on any atom is 0.307 e. The zero-order valence-electron chi connectivity index (χ0n) is 10.4. The lowest BCUT2D eigenvalue weighted by atomic mass is 9.82. The fraction of sp³-hybridized carbons (Fsp3) is 0.500. The molecule has 1 aliphatic carbocycles. The molecule has 0 aliphatic heterocycles. The molecule has 2 rings (SSSR count). The van der Waals surface area contributed by atoms with Crippen LogP contribution < -0.4 is 5.32 Å². The van der Waals surface area contributed by atoms with Gasteiger partial charge in [0.15, 0.2) is 0 Å². The van der Waals surface area contributed by atoms with E-state index < -0.39 is 17.8 Å². The summed E-state index contributed by atoms with van der Waals surface area (Å²) in [6.07, 6.45) is 7.84. The van der Waals surface area contributed by atoms with E-state index in [1.54, 1.807) is 17.1 Å². The largest absolute Gasteiger partial charge is 0.481 e. The third kappa shape index (κ3) is 3.40. The quantitative estimate of drug-likeness (QED) is 0.733. The van der Waals surface area contributed by atoms with Crippen molar-refractivity contribution in [2.75, 3.05) is 6.54 Å². The van der Waals surface area contributed by atoms with Gasteiger partial charge in [0, 0.05) is 12.7 Å². The molecule has 2 atom stereocenters. The lowest BCUT2D eigenvalue weighted by Crippen LogP contribution is -2.39. The van der Waals surface area contributed by atoms with Crippen LogP contribution in [0.25, 0.3) is 0 Å². The highest BCUT2D eigenvalue weighted by molar-refractivity contribution is 5.85. The van der Waals surface area contributed by atoms with E-state index in [1.807, 2.05) is 12.2 Å². The van der Waals surface area contributed by atoms with Gasteiger partial charge in [-0.1, -0.05) is 17.4 Å². The number of carbonyl (C=O) groups is 2. The summed E-state index contributed by atoms with van der Waals surface area (Å²) in [4.78, 5) is 23.1. The highest BCUT2D eigenvalue weighted by atomic mass is 16.4. The van der Waals surface area contributed by atoms with Crippen molar-refractivity contribution in [3.8, 4) is 0 Å². The topological polar surface area (TPSA) is 97.1 Å². The molecule has 0 fully saturated rings. The second-order valence-electron chi connectivity index (χ2n) is 4.45. The predicted octanol–water partition coefficient (Wildman–Crippen LogP) is 0.0613. The van der Waals surface area contributed by atoms with Crippen molar-refractivity contribution in [1.82, 2.24) is 20.3 Å². The SMILES string of the molecule is O=C(O)C1CC=CCC1C(=O)NCCn1ccnn1. The lowest BCUT2D eigenvalue weighted by Gasteiger charge is -2.24. The fourth-order valence-corrected chi connectivity index (χ4v) is 2.15. The molecule has 2 unspecified atom stereocenters. The number of carboxylic acids is 1. The molecule has 1 amide bonds. The van der Waals surface area contributed by atoms with E-state index in [9.17, 15) is 9.59 Å². The van der Waals surface area contributed by atoms with Crippen molar-refractivity contribution in [2.45, 2.75) is 19.4 Å². The van der Waals surface area contributed by atoms with Gasteiger partial charge in [-0.05, 0) is 12.8 Å². The Kier molecular flexibility index (Phi) is 4.27. The first-order valence-electron chi connectivity index (χ1n) is 6.18. The van der Waals surface area contributed by atoms with Crippen LogP contribution in [0, 0.1) is 11.8 Å². The number of rotatable bonds is 5. The first-order chi connectivity index (χ1) is 9.18. The zero-order valence-corrected chi connectivity index (χ0v) is 10.4. The van der Waals surface area contributed by atoms with E-state index in [0.29, 0.717) is 25.9 Å². The number of carbonyl (C=O) groups excluding carboxylic acids is 1. The highest BCUT2D eigenvalue weighted by Crippen LogP contribution is 2.25. The van der Waals surface area contributed by atoms with E-state index in [1.165, 1.54) is 0 Å². The maximum atomic E-state index is 12.0. The minimum absolute atomic E-state index is 0.211. The molecule has 1 aromatic rings. The smallest absolute Gasteiger partial charge is 0.307 e. The van der Waals surface area contributed by atoms with Crippen LogP contribution >= 0.6 is 0 Å². The second kappa shape index (κ2) is 6.12. The highest BCUT2D eigenvalue weighted by Gasteiger charge is 2.33. The number of allylic oxidation sites excluding steroid dienone is 2. The minimum Gasteiger partial charge on any atom is -0.481 e. The summed E-state index contributed by atoms with van der Waals surface area (Å²) < 4.78 is 1.61. The summed E-state index contributed by atoms with van der Waals surface area (Å²) in [5.41, 5.74) is 0. The van der Waals surface area contributed by atoms with Crippen molar-refractivity contribution in [2.24, 2.45) is 11.8 Å². The predicted molar refractivity (Wildman–Crippen MR) is 66.0 cm³/mol. The normalized spacial score (nSPS) is 22.1. The second-order valence-corrected chi connectivity index (χ2v) is 4.45. The van der Waals surface area contributed by atoms with Gasteiger partial charge in [0.25, 0.3) is 0 Å². The fourth-order valence-electron chi connectivity index (χ4n) is 2.15. The van der Waals surface area contributed by atoms with Gasteiger partial charge in [0.05, 0.1) is 24.6 Å². The molecule has 0 saturated heterocycles. The van der Waals surface area contributed by atoms with Gasteiger partial charge in [0.2, 0.25) is 5.91 Å². The maximum absolute atomic E-state index is 12.0. The Morgan fingerprint density at radius 2 is 2.05 bits per heavy atom. The molecule has 19 heavy (non-hydrogen) atoms. The third-order valence-corrected chi connectivity index (χ3v) is 3.20. The number of hydrogen-bond acceptors (Lipinski definition) is 4.